The standard InChI is InChI=1S/C9H7BrFN3/c1-14-9(10)12-8(13-14)6-2-4-7(11)5-3-6/h2-5H,1H3. The molecule has 0 aliphatic rings. The number of benzene rings is 1. The second-order valence-corrected chi connectivity index (χ2v) is 3.54. The number of hydrogen-bond donors (Lipinski definition) is 0. The molecule has 0 N–H and O–H groups in total. The Labute approximate surface area is 88.7 Å². The highest BCUT2D eigenvalue weighted by atomic mass is 79.9. The molecule has 3 nitrogen and oxygen atoms in total. The molecular weight excluding hydrogens is 249 g/mol. The first-order chi connectivity index (χ1) is 6.66. The normalized spacial score (nSPS) is 10.5. The van der Waals surface area contributed by atoms with Crippen molar-refractivity contribution in [2.24, 2.45) is 7.05 Å². The van der Waals surface area contributed by atoms with E-state index < -0.39 is 0 Å². The molecule has 0 aliphatic heterocycles. The lowest BCUT2D eigenvalue weighted by Gasteiger charge is -1.93. The van der Waals surface area contributed by atoms with Crippen molar-refractivity contribution in [3.05, 3.63) is 34.8 Å². The van der Waals surface area contributed by atoms with Gasteiger partial charge in [-0.15, -0.1) is 0 Å². The van der Waals surface area contributed by atoms with Crippen molar-refractivity contribution < 1.29 is 4.39 Å². The van der Waals surface area contributed by atoms with E-state index in [0.29, 0.717) is 10.6 Å². The average Bonchev–Trinajstić information content (AvgIpc) is 2.48. The molecule has 1 aromatic carbocycles. The van der Waals surface area contributed by atoms with Crippen molar-refractivity contribution >= 4 is 15.9 Å². The lowest BCUT2D eigenvalue weighted by molar-refractivity contribution is 0.628. The van der Waals surface area contributed by atoms with Gasteiger partial charge in [0.05, 0.1) is 0 Å². The Balaban J connectivity index is 2.44. The lowest BCUT2D eigenvalue weighted by Crippen LogP contribution is -1.89. The Kier molecular flexibility index (Phi) is 2.33. The monoisotopic (exact) mass is 255 g/mol. The van der Waals surface area contributed by atoms with Gasteiger partial charge in [0.1, 0.15) is 5.82 Å². The van der Waals surface area contributed by atoms with Crippen LogP contribution >= 0.6 is 15.9 Å². The van der Waals surface area contributed by atoms with Crippen LogP contribution in [0.15, 0.2) is 29.0 Å². The molecule has 0 spiro atoms. The number of hydrogen-bond acceptors (Lipinski definition) is 2. The van der Waals surface area contributed by atoms with Crippen LogP contribution in [0.5, 0.6) is 0 Å². The van der Waals surface area contributed by atoms with Gasteiger partial charge in [0, 0.05) is 12.6 Å². The van der Waals surface area contributed by atoms with Gasteiger partial charge in [-0.25, -0.2) is 14.1 Å². The average molecular weight is 256 g/mol. The van der Waals surface area contributed by atoms with Crippen molar-refractivity contribution in [1.82, 2.24) is 14.8 Å². The molecule has 2 aromatic rings. The molecule has 72 valence electrons. The Morgan fingerprint density at radius 3 is 2.43 bits per heavy atom. The van der Waals surface area contributed by atoms with Gasteiger partial charge in [0.15, 0.2) is 10.6 Å². The molecule has 0 bridgehead atoms. The summed E-state index contributed by atoms with van der Waals surface area (Å²) in [5.74, 6) is 0.322. The van der Waals surface area contributed by atoms with Gasteiger partial charge in [0.25, 0.3) is 0 Å². The van der Waals surface area contributed by atoms with Crippen LogP contribution in [0.25, 0.3) is 11.4 Å². The van der Waals surface area contributed by atoms with Gasteiger partial charge in [-0.3, -0.25) is 0 Å². The van der Waals surface area contributed by atoms with E-state index in [1.807, 2.05) is 0 Å². The van der Waals surface area contributed by atoms with E-state index in [0.717, 1.165) is 5.56 Å². The summed E-state index contributed by atoms with van der Waals surface area (Å²) < 4.78 is 14.9. The molecule has 0 amide bonds. The molecule has 1 aromatic heterocycles. The van der Waals surface area contributed by atoms with Gasteiger partial charge < -0.3 is 0 Å². The highest BCUT2D eigenvalue weighted by Crippen LogP contribution is 2.17. The smallest absolute Gasteiger partial charge is 0.195 e. The molecule has 0 radical (unpaired) electrons. The molecule has 0 unspecified atom stereocenters. The van der Waals surface area contributed by atoms with Crippen LogP contribution in [0.1, 0.15) is 0 Å². The van der Waals surface area contributed by atoms with E-state index in [1.54, 1.807) is 23.9 Å². The van der Waals surface area contributed by atoms with Crippen molar-refractivity contribution in [1.29, 1.82) is 0 Å². The van der Waals surface area contributed by atoms with E-state index in [4.69, 9.17) is 0 Å². The minimum absolute atomic E-state index is 0.260. The predicted molar refractivity (Wildman–Crippen MR) is 54.1 cm³/mol. The molecule has 0 fully saturated rings. The number of aryl methyl sites for hydroxylation is 1. The fourth-order valence-corrected chi connectivity index (χ4v) is 1.33. The number of aromatic nitrogens is 3. The number of rotatable bonds is 1. The Morgan fingerprint density at radius 1 is 1.29 bits per heavy atom. The SMILES string of the molecule is Cn1nc(-c2ccc(F)cc2)nc1Br. The molecule has 1 heterocycles. The zero-order valence-electron chi connectivity index (χ0n) is 7.41. The third kappa shape index (κ3) is 1.68. The Morgan fingerprint density at radius 2 is 1.93 bits per heavy atom. The largest absolute Gasteiger partial charge is 0.243 e. The van der Waals surface area contributed by atoms with Crippen LogP contribution in [0.2, 0.25) is 0 Å². The van der Waals surface area contributed by atoms with Gasteiger partial charge >= 0.3 is 0 Å². The van der Waals surface area contributed by atoms with E-state index >= 15 is 0 Å². The molecule has 14 heavy (non-hydrogen) atoms. The minimum Gasteiger partial charge on any atom is -0.243 e. The van der Waals surface area contributed by atoms with E-state index in [-0.39, 0.29) is 5.82 Å². The fraction of sp³-hybridized carbons (Fsp3) is 0.111. The fourth-order valence-electron chi connectivity index (χ4n) is 1.09. The number of halogens is 2. The summed E-state index contributed by atoms with van der Waals surface area (Å²) in [7, 11) is 1.78. The van der Waals surface area contributed by atoms with Crippen LogP contribution in [0.3, 0.4) is 0 Å². The van der Waals surface area contributed by atoms with Crippen LogP contribution < -0.4 is 0 Å². The van der Waals surface area contributed by atoms with Crippen molar-refractivity contribution in [2.75, 3.05) is 0 Å². The Hall–Kier alpha value is -1.23. The summed E-state index contributed by atoms with van der Waals surface area (Å²) >= 11 is 3.24. The second kappa shape index (κ2) is 3.49. The molecule has 0 atom stereocenters. The first-order valence-corrected chi connectivity index (χ1v) is 4.78. The summed E-state index contributed by atoms with van der Waals surface area (Å²) in [4.78, 5) is 4.16. The maximum Gasteiger partial charge on any atom is 0.195 e. The van der Waals surface area contributed by atoms with E-state index in [1.165, 1.54) is 12.1 Å². The molecular formula is C9H7BrFN3. The first-order valence-electron chi connectivity index (χ1n) is 3.99. The summed E-state index contributed by atoms with van der Waals surface area (Å²) in [5.41, 5.74) is 0.799. The summed E-state index contributed by atoms with van der Waals surface area (Å²) in [5, 5.41) is 4.15. The van der Waals surface area contributed by atoms with Crippen LogP contribution in [0.4, 0.5) is 4.39 Å². The predicted octanol–water partition coefficient (Wildman–Crippen LogP) is 2.38. The third-order valence-electron chi connectivity index (χ3n) is 1.81. The van der Waals surface area contributed by atoms with Crippen molar-refractivity contribution in [3.8, 4) is 11.4 Å². The quantitative estimate of drug-likeness (QED) is 0.784. The summed E-state index contributed by atoms with van der Waals surface area (Å²) in [6.07, 6.45) is 0. The maximum atomic E-state index is 12.6. The second-order valence-electron chi connectivity index (χ2n) is 2.83. The highest BCUT2D eigenvalue weighted by Gasteiger charge is 2.06. The van der Waals surface area contributed by atoms with Crippen LogP contribution in [-0.2, 0) is 7.05 Å². The minimum atomic E-state index is -0.260. The van der Waals surface area contributed by atoms with E-state index in [9.17, 15) is 4.39 Å². The zero-order chi connectivity index (χ0) is 10.1. The van der Waals surface area contributed by atoms with Crippen molar-refractivity contribution in [3.63, 3.8) is 0 Å². The zero-order valence-corrected chi connectivity index (χ0v) is 8.99. The molecule has 2 rings (SSSR count). The van der Waals surface area contributed by atoms with E-state index in [2.05, 4.69) is 26.0 Å². The number of nitrogens with zero attached hydrogens (tertiary/aromatic N) is 3. The molecule has 0 aliphatic carbocycles. The van der Waals surface area contributed by atoms with Crippen LogP contribution in [-0.4, -0.2) is 14.8 Å². The lowest BCUT2D eigenvalue weighted by atomic mass is 10.2. The van der Waals surface area contributed by atoms with Crippen LogP contribution in [0, 0.1) is 5.82 Å². The summed E-state index contributed by atoms with van der Waals surface area (Å²) in [6, 6.07) is 6.08. The topological polar surface area (TPSA) is 30.7 Å². The first kappa shape index (κ1) is 9.33. The van der Waals surface area contributed by atoms with Crippen molar-refractivity contribution in [2.45, 2.75) is 0 Å². The summed E-state index contributed by atoms with van der Waals surface area (Å²) in [6.45, 7) is 0. The molecule has 0 saturated heterocycles. The van der Waals surface area contributed by atoms with Gasteiger partial charge in [-0.1, -0.05) is 0 Å². The van der Waals surface area contributed by atoms with Gasteiger partial charge in [-0.2, -0.15) is 5.10 Å². The third-order valence-corrected chi connectivity index (χ3v) is 2.50. The van der Waals surface area contributed by atoms with Gasteiger partial charge in [0.2, 0.25) is 0 Å². The molecule has 5 heteroatoms. The highest BCUT2D eigenvalue weighted by molar-refractivity contribution is 9.10. The molecule has 0 saturated carbocycles. The van der Waals surface area contributed by atoms with Gasteiger partial charge in [-0.05, 0) is 40.2 Å². The maximum absolute atomic E-state index is 12.6. The Bertz CT molecular complexity index is 430.